The quantitative estimate of drug-likeness (QED) is 0.725. The van der Waals surface area contributed by atoms with Crippen LogP contribution in [0.15, 0.2) is 0 Å². The zero-order valence-electron chi connectivity index (χ0n) is 12.0. The second-order valence-electron chi connectivity index (χ2n) is 6.07. The van der Waals surface area contributed by atoms with E-state index in [9.17, 15) is 4.79 Å². The molecule has 0 aliphatic heterocycles. The Morgan fingerprint density at radius 1 is 1.19 bits per heavy atom. The van der Waals surface area contributed by atoms with Crippen molar-refractivity contribution < 1.29 is 4.79 Å². The first-order valence-electron chi connectivity index (χ1n) is 6.13. The molecule has 0 aromatic carbocycles. The first-order chi connectivity index (χ1) is 7.15. The van der Waals surface area contributed by atoms with Crippen LogP contribution in [0.2, 0.25) is 0 Å². The minimum atomic E-state index is 0.115. The molecule has 0 saturated heterocycles. The van der Waals surface area contributed by atoms with Gasteiger partial charge in [-0.1, -0.05) is 20.8 Å². The fourth-order valence-corrected chi connectivity index (χ4v) is 1.43. The summed E-state index contributed by atoms with van der Waals surface area (Å²) in [5.74, 6) is 0. The van der Waals surface area contributed by atoms with Gasteiger partial charge in [0.15, 0.2) is 0 Å². The van der Waals surface area contributed by atoms with Crippen LogP contribution in [0.4, 0.5) is 4.79 Å². The molecule has 0 unspecified atom stereocenters. The molecule has 2 amide bonds. The summed E-state index contributed by atoms with van der Waals surface area (Å²) in [6, 6.07) is 0.376. The summed E-state index contributed by atoms with van der Waals surface area (Å²) in [7, 11) is 3.73. The molecular weight excluding hydrogens is 200 g/mol. The number of carbonyl (C=O) groups excluding carboxylic acids is 1. The summed E-state index contributed by atoms with van der Waals surface area (Å²) < 4.78 is 0. The van der Waals surface area contributed by atoms with Crippen molar-refractivity contribution in [1.29, 1.82) is 0 Å². The van der Waals surface area contributed by atoms with E-state index in [1.165, 1.54) is 0 Å². The Hall–Kier alpha value is -0.730. The van der Waals surface area contributed by atoms with E-state index in [0.29, 0.717) is 5.41 Å². The van der Waals surface area contributed by atoms with E-state index >= 15 is 0 Å². The molecule has 0 saturated carbocycles. The Bertz CT molecular complexity index is 218. The van der Waals surface area contributed by atoms with Crippen LogP contribution in [0, 0.1) is 5.41 Å². The van der Waals surface area contributed by atoms with E-state index in [4.69, 9.17) is 0 Å². The highest BCUT2D eigenvalue weighted by molar-refractivity contribution is 5.74. The van der Waals surface area contributed by atoms with E-state index in [-0.39, 0.29) is 12.1 Å². The topological polar surface area (TPSA) is 23.6 Å². The van der Waals surface area contributed by atoms with Crippen molar-refractivity contribution in [1.82, 2.24) is 9.80 Å². The van der Waals surface area contributed by atoms with Gasteiger partial charge in [0.2, 0.25) is 0 Å². The van der Waals surface area contributed by atoms with Gasteiger partial charge >= 0.3 is 6.03 Å². The Morgan fingerprint density at radius 2 is 1.69 bits per heavy atom. The maximum absolute atomic E-state index is 11.9. The van der Waals surface area contributed by atoms with Crippen molar-refractivity contribution >= 4 is 6.03 Å². The van der Waals surface area contributed by atoms with E-state index in [1.807, 2.05) is 32.8 Å². The van der Waals surface area contributed by atoms with Gasteiger partial charge in [0.1, 0.15) is 0 Å². The summed E-state index contributed by atoms with van der Waals surface area (Å²) in [5.41, 5.74) is 0.355. The average Bonchev–Trinajstić information content (AvgIpc) is 2.13. The third-order valence-corrected chi connectivity index (χ3v) is 2.82. The van der Waals surface area contributed by atoms with Crippen LogP contribution in [0.5, 0.6) is 0 Å². The average molecular weight is 228 g/mol. The molecule has 0 heterocycles. The van der Waals surface area contributed by atoms with Gasteiger partial charge in [0.05, 0.1) is 0 Å². The van der Waals surface area contributed by atoms with Gasteiger partial charge in [-0.2, -0.15) is 0 Å². The SMILES string of the molecule is CC(C)N(C)C(=O)N(C)CCCC(C)(C)C. The Kier molecular flexibility index (Phi) is 5.84. The van der Waals surface area contributed by atoms with Crippen LogP contribution in [-0.4, -0.2) is 42.5 Å². The van der Waals surface area contributed by atoms with Crippen LogP contribution < -0.4 is 0 Å². The lowest BCUT2D eigenvalue weighted by atomic mass is 9.90. The van der Waals surface area contributed by atoms with E-state index in [0.717, 1.165) is 19.4 Å². The van der Waals surface area contributed by atoms with Gasteiger partial charge in [-0.15, -0.1) is 0 Å². The highest BCUT2D eigenvalue weighted by Crippen LogP contribution is 2.20. The highest BCUT2D eigenvalue weighted by atomic mass is 16.2. The molecule has 0 fully saturated rings. The molecule has 3 heteroatoms. The monoisotopic (exact) mass is 228 g/mol. The van der Waals surface area contributed by atoms with Gasteiger partial charge in [-0.25, -0.2) is 4.79 Å². The fraction of sp³-hybridized carbons (Fsp3) is 0.923. The lowest BCUT2D eigenvalue weighted by Gasteiger charge is -2.28. The number of hydrogen-bond acceptors (Lipinski definition) is 1. The Morgan fingerprint density at radius 3 is 2.06 bits per heavy atom. The van der Waals surface area contributed by atoms with Gasteiger partial charge in [0.25, 0.3) is 0 Å². The zero-order chi connectivity index (χ0) is 12.9. The van der Waals surface area contributed by atoms with E-state index in [2.05, 4.69) is 20.8 Å². The van der Waals surface area contributed by atoms with E-state index in [1.54, 1.807) is 4.90 Å². The third-order valence-electron chi connectivity index (χ3n) is 2.82. The summed E-state index contributed by atoms with van der Waals surface area (Å²) in [5, 5.41) is 0. The molecule has 0 spiro atoms. The molecule has 0 radical (unpaired) electrons. The molecule has 0 atom stereocenters. The van der Waals surface area contributed by atoms with Crippen molar-refractivity contribution in [2.24, 2.45) is 5.41 Å². The van der Waals surface area contributed by atoms with Gasteiger partial charge in [-0.05, 0) is 32.1 Å². The number of urea groups is 1. The molecule has 0 bridgehead atoms. The van der Waals surface area contributed by atoms with Crippen LogP contribution >= 0.6 is 0 Å². The minimum Gasteiger partial charge on any atom is -0.328 e. The third kappa shape index (κ3) is 5.99. The molecule has 16 heavy (non-hydrogen) atoms. The normalized spacial score (nSPS) is 11.8. The predicted octanol–water partition coefficient (Wildman–Crippen LogP) is 3.20. The molecule has 0 aromatic heterocycles. The second kappa shape index (κ2) is 6.12. The van der Waals surface area contributed by atoms with E-state index < -0.39 is 0 Å². The smallest absolute Gasteiger partial charge is 0.319 e. The van der Waals surface area contributed by atoms with Crippen molar-refractivity contribution in [2.75, 3.05) is 20.6 Å². The first kappa shape index (κ1) is 15.3. The number of carbonyl (C=O) groups is 1. The fourth-order valence-electron chi connectivity index (χ4n) is 1.43. The van der Waals surface area contributed by atoms with Gasteiger partial charge in [-0.3, -0.25) is 0 Å². The van der Waals surface area contributed by atoms with Crippen molar-refractivity contribution in [3.63, 3.8) is 0 Å². The number of amides is 2. The molecule has 0 rings (SSSR count). The maximum Gasteiger partial charge on any atom is 0.319 e. The van der Waals surface area contributed by atoms with Crippen LogP contribution in [0.25, 0.3) is 0 Å². The molecule has 0 N–H and O–H groups in total. The Labute approximate surface area is 101 Å². The lowest BCUT2D eigenvalue weighted by molar-refractivity contribution is 0.160. The zero-order valence-corrected chi connectivity index (χ0v) is 12.0. The highest BCUT2D eigenvalue weighted by Gasteiger charge is 2.17. The standard InChI is InChI=1S/C13H28N2O/c1-11(2)15(7)12(16)14(6)10-8-9-13(3,4)5/h11H,8-10H2,1-7H3. The molecule has 0 aromatic rings. The summed E-state index contributed by atoms with van der Waals surface area (Å²) in [6.07, 6.45) is 2.22. The Balaban J connectivity index is 3.98. The molecule has 96 valence electrons. The second-order valence-corrected chi connectivity index (χ2v) is 6.07. The first-order valence-corrected chi connectivity index (χ1v) is 6.13. The summed E-state index contributed by atoms with van der Waals surface area (Å²) in [6.45, 7) is 11.6. The predicted molar refractivity (Wildman–Crippen MR) is 69.6 cm³/mol. The van der Waals surface area contributed by atoms with Gasteiger partial charge in [0, 0.05) is 26.7 Å². The largest absolute Gasteiger partial charge is 0.328 e. The van der Waals surface area contributed by atoms with Crippen molar-refractivity contribution in [3.8, 4) is 0 Å². The number of nitrogens with zero attached hydrogens (tertiary/aromatic N) is 2. The van der Waals surface area contributed by atoms with Crippen LogP contribution in [0.1, 0.15) is 47.5 Å². The number of rotatable bonds is 4. The van der Waals surface area contributed by atoms with Crippen molar-refractivity contribution in [3.05, 3.63) is 0 Å². The number of hydrogen-bond donors (Lipinski definition) is 0. The molecule has 3 nitrogen and oxygen atoms in total. The summed E-state index contributed by atoms with van der Waals surface area (Å²) >= 11 is 0. The van der Waals surface area contributed by atoms with Crippen molar-refractivity contribution in [2.45, 2.75) is 53.5 Å². The van der Waals surface area contributed by atoms with Crippen LogP contribution in [-0.2, 0) is 0 Å². The molecule has 0 aliphatic carbocycles. The van der Waals surface area contributed by atoms with Gasteiger partial charge < -0.3 is 9.80 Å². The lowest BCUT2D eigenvalue weighted by Crippen LogP contribution is -2.42. The maximum atomic E-state index is 11.9. The summed E-state index contributed by atoms with van der Waals surface area (Å²) in [4.78, 5) is 15.5. The molecule has 0 aliphatic rings. The minimum absolute atomic E-state index is 0.115. The molecular formula is C13H28N2O. The van der Waals surface area contributed by atoms with Crippen LogP contribution in [0.3, 0.4) is 0 Å².